The Morgan fingerprint density at radius 1 is 1.48 bits per heavy atom. The number of methoxy groups -OCH3 is 1. The number of benzene rings is 1. The SMILES string of the molecule is CCC(CC)(C(=O)Nc1ccc(OC)c(Cl)c1)C(N)=NO. The molecule has 1 rings (SSSR count). The molecule has 4 N–H and O–H groups in total. The van der Waals surface area contributed by atoms with Crippen LogP contribution in [0, 0.1) is 5.41 Å². The van der Waals surface area contributed by atoms with Crippen molar-refractivity contribution < 1.29 is 14.7 Å². The number of ether oxygens (including phenoxy) is 1. The molecule has 21 heavy (non-hydrogen) atoms. The summed E-state index contributed by atoms with van der Waals surface area (Å²) in [4.78, 5) is 12.5. The van der Waals surface area contributed by atoms with E-state index in [1.807, 2.05) is 13.8 Å². The van der Waals surface area contributed by atoms with Gasteiger partial charge < -0.3 is 21.0 Å². The number of rotatable bonds is 6. The fraction of sp³-hybridized carbons (Fsp3) is 0.429. The van der Waals surface area contributed by atoms with E-state index < -0.39 is 5.41 Å². The number of amidine groups is 1. The zero-order chi connectivity index (χ0) is 16.0. The summed E-state index contributed by atoms with van der Waals surface area (Å²) < 4.78 is 5.05. The number of carbonyl (C=O) groups is 1. The van der Waals surface area contributed by atoms with Crippen molar-refractivity contribution in [3.63, 3.8) is 0 Å². The van der Waals surface area contributed by atoms with E-state index in [2.05, 4.69) is 10.5 Å². The minimum atomic E-state index is -1.05. The molecule has 0 aromatic heterocycles. The number of anilines is 1. The van der Waals surface area contributed by atoms with E-state index in [1.54, 1.807) is 18.2 Å². The van der Waals surface area contributed by atoms with Gasteiger partial charge in [-0.2, -0.15) is 0 Å². The van der Waals surface area contributed by atoms with E-state index in [4.69, 9.17) is 27.3 Å². The fourth-order valence-corrected chi connectivity index (χ4v) is 2.40. The average Bonchev–Trinajstić information content (AvgIpc) is 2.49. The zero-order valence-corrected chi connectivity index (χ0v) is 13.1. The molecular formula is C14H20ClN3O3. The Kier molecular flexibility index (Phi) is 5.84. The predicted molar refractivity (Wildman–Crippen MR) is 83.1 cm³/mol. The Morgan fingerprint density at radius 2 is 2.10 bits per heavy atom. The van der Waals surface area contributed by atoms with Crippen molar-refractivity contribution in [3.05, 3.63) is 23.2 Å². The number of carbonyl (C=O) groups excluding carboxylic acids is 1. The first-order chi connectivity index (χ1) is 9.94. The Labute approximate surface area is 128 Å². The molecule has 0 aliphatic heterocycles. The number of oxime groups is 1. The molecule has 0 spiro atoms. The number of halogens is 1. The van der Waals surface area contributed by atoms with Crippen LogP contribution in [0.5, 0.6) is 5.75 Å². The third-order valence-corrected chi connectivity index (χ3v) is 3.94. The third kappa shape index (κ3) is 3.39. The second kappa shape index (κ2) is 7.17. The first-order valence-corrected chi connectivity index (χ1v) is 6.96. The fourth-order valence-electron chi connectivity index (χ4n) is 2.14. The summed E-state index contributed by atoms with van der Waals surface area (Å²) in [7, 11) is 1.51. The van der Waals surface area contributed by atoms with Gasteiger partial charge in [-0.3, -0.25) is 4.79 Å². The van der Waals surface area contributed by atoms with E-state index in [-0.39, 0.29) is 11.7 Å². The van der Waals surface area contributed by atoms with Crippen LogP contribution in [0.1, 0.15) is 26.7 Å². The zero-order valence-electron chi connectivity index (χ0n) is 12.3. The quantitative estimate of drug-likeness (QED) is 0.325. The van der Waals surface area contributed by atoms with Crippen molar-refractivity contribution in [1.29, 1.82) is 0 Å². The highest BCUT2D eigenvalue weighted by molar-refractivity contribution is 6.32. The second-order valence-corrected chi connectivity index (χ2v) is 4.99. The number of hydrogen-bond donors (Lipinski definition) is 3. The Morgan fingerprint density at radius 3 is 2.52 bits per heavy atom. The monoisotopic (exact) mass is 313 g/mol. The summed E-state index contributed by atoms with van der Waals surface area (Å²) in [6, 6.07) is 4.91. The molecule has 0 radical (unpaired) electrons. The van der Waals surface area contributed by atoms with Crippen LogP contribution in [0.3, 0.4) is 0 Å². The smallest absolute Gasteiger partial charge is 0.238 e. The van der Waals surface area contributed by atoms with Gasteiger partial charge in [-0.1, -0.05) is 30.6 Å². The minimum Gasteiger partial charge on any atom is -0.495 e. The molecule has 0 fully saturated rings. The summed E-state index contributed by atoms with van der Waals surface area (Å²) in [5.41, 5.74) is 5.16. The number of hydrogen-bond acceptors (Lipinski definition) is 4. The van der Waals surface area contributed by atoms with Gasteiger partial charge in [0.25, 0.3) is 0 Å². The number of nitrogens with two attached hydrogens (primary N) is 1. The number of amides is 1. The van der Waals surface area contributed by atoms with Crippen molar-refractivity contribution >= 4 is 29.0 Å². The maximum absolute atomic E-state index is 12.5. The number of nitrogens with one attached hydrogen (secondary N) is 1. The minimum absolute atomic E-state index is 0.107. The molecule has 0 saturated heterocycles. The molecule has 1 aromatic rings. The van der Waals surface area contributed by atoms with Gasteiger partial charge in [-0.05, 0) is 31.0 Å². The molecule has 1 amide bonds. The largest absolute Gasteiger partial charge is 0.495 e. The van der Waals surface area contributed by atoms with Gasteiger partial charge in [0.05, 0.1) is 12.1 Å². The maximum atomic E-state index is 12.5. The van der Waals surface area contributed by atoms with E-state index in [0.29, 0.717) is 29.3 Å². The first kappa shape index (κ1) is 17.1. The van der Waals surface area contributed by atoms with E-state index in [0.717, 1.165) is 0 Å². The van der Waals surface area contributed by atoms with Crippen molar-refractivity contribution in [2.75, 3.05) is 12.4 Å². The van der Waals surface area contributed by atoms with Gasteiger partial charge in [0, 0.05) is 5.69 Å². The summed E-state index contributed by atoms with van der Waals surface area (Å²) in [5.74, 6) is 0.0667. The molecule has 0 bridgehead atoms. The lowest BCUT2D eigenvalue weighted by Crippen LogP contribution is -2.46. The summed E-state index contributed by atoms with van der Waals surface area (Å²) >= 11 is 6.02. The molecule has 116 valence electrons. The van der Waals surface area contributed by atoms with Gasteiger partial charge in [0.1, 0.15) is 11.2 Å². The topological polar surface area (TPSA) is 96.9 Å². The van der Waals surface area contributed by atoms with E-state index in [1.165, 1.54) is 7.11 Å². The molecule has 6 nitrogen and oxygen atoms in total. The van der Waals surface area contributed by atoms with Gasteiger partial charge in [-0.25, -0.2) is 0 Å². The third-order valence-electron chi connectivity index (χ3n) is 3.65. The molecule has 0 unspecified atom stereocenters. The Hall–Kier alpha value is -1.95. The predicted octanol–water partition coefficient (Wildman–Crippen LogP) is 2.84. The second-order valence-electron chi connectivity index (χ2n) is 4.58. The van der Waals surface area contributed by atoms with Crippen molar-refractivity contribution in [2.24, 2.45) is 16.3 Å². The highest BCUT2D eigenvalue weighted by Crippen LogP contribution is 2.31. The Balaban J connectivity index is 3.05. The van der Waals surface area contributed by atoms with Crippen LogP contribution < -0.4 is 15.8 Å². The average molecular weight is 314 g/mol. The highest BCUT2D eigenvalue weighted by Gasteiger charge is 2.39. The molecule has 0 aliphatic rings. The summed E-state index contributed by atoms with van der Waals surface area (Å²) in [6.45, 7) is 3.62. The molecular weight excluding hydrogens is 294 g/mol. The molecule has 0 heterocycles. The van der Waals surface area contributed by atoms with Gasteiger partial charge >= 0.3 is 0 Å². The molecule has 0 saturated carbocycles. The lowest BCUT2D eigenvalue weighted by molar-refractivity contribution is -0.122. The van der Waals surface area contributed by atoms with Crippen LogP contribution in [-0.2, 0) is 4.79 Å². The molecule has 0 atom stereocenters. The maximum Gasteiger partial charge on any atom is 0.238 e. The lowest BCUT2D eigenvalue weighted by Gasteiger charge is -2.28. The van der Waals surface area contributed by atoms with Gasteiger partial charge in [-0.15, -0.1) is 0 Å². The number of nitrogens with zero attached hydrogens (tertiary/aromatic N) is 1. The van der Waals surface area contributed by atoms with Crippen molar-refractivity contribution in [2.45, 2.75) is 26.7 Å². The van der Waals surface area contributed by atoms with Gasteiger partial charge in [0.2, 0.25) is 5.91 Å². The van der Waals surface area contributed by atoms with E-state index in [9.17, 15) is 4.79 Å². The van der Waals surface area contributed by atoms with Crippen LogP contribution in [0.4, 0.5) is 5.69 Å². The lowest BCUT2D eigenvalue weighted by atomic mass is 9.80. The highest BCUT2D eigenvalue weighted by atomic mass is 35.5. The van der Waals surface area contributed by atoms with Crippen LogP contribution in [-0.4, -0.2) is 24.1 Å². The standard InChI is InChI=1S/C14H20ClN3O3/c1-4-14(5-2,12(16)18-20)13(19)17-9-6-7-11(21-3)10(15)8-9/h6-8,20H,4-5H2,1-3H3,(H2,16,18)(H,17,19). The summed E-state index contributed by atoms with van der Waals surface area (Å²) in [5, 5.41) is 15.0. The van der Waals surface area contributed by atoms with Crippen LogP contribution in [0.2, 0.25) is 5.02 Å². The molecule has 7 heteroatoms. The van der Waals surface area contributed by atoms with Crippen molar-refractivity contribution in [1.82, 2.24) is 0 Å². The van der Waals surface area contributed by atoms with Gasteiger partial charge in [0.15, 0.2) is 5.84 Å². The van der Waals surface area contributed by atoms with Crippen molar-refractivity contribution in [3.8, 4) is 5.75 Å². The van der Waals surface area contributed by atoms with E-state index >= 15 is 0 Å². The molecule has 1 aromatic carbocycles. The Bertz CT molecular complexity index is 542. The van der Waals surface area contributed by atoms with Crippen LogP contribution >= 0.6 is 11.6 Å². The normalized spacial score (nSPS) is 12.1. The summed E-state index contributed by atoms with van der Waals surface area (Å²) in [6.07, 6.45) is 0.824. The first-order valence-electron chi connectivity index (χ1n) is 6.58. The molecule has 0 aliphatic carbocycles. The van der Waals surface area contributed by atoms with Crippen LogP contribution in [0.15, 0.2) is 23.4 Å². The van der Waals surface area contributed by atoms with Crippen LogP contribution in [0.25, 0.3) is 0 Å².